The lowest BCUT2D eigenvalue weighted by molar-refractivity contribution is -0.116. The van der Waals surface area contributed by atoms with Gasteiger partial charge < -0.3 is 15.4 Å². The molecule has 0 aliphatic rings. The maximum atomic E-state index is 12.3. The number of anilines is 2. The van der Waals surface area contributed by atoms with Crippen molar-refractivity contribution in [2.45, 2.75) is 13.0 Å². The van der Waals surface area contributed by atoms with Crippen LogP contribution in [0.25, 0.3) is 0 Å². The first kappa shape index (κ1) is 16.5. The SMILES string of the molecule is COc1ccccc1N[C@H](C)C(=O)Nc1cc(Cl)ccc1Cl. The molecular formula is C16H16Cl2N2O2. The third kappa shape index (κ3) is 4.06. The molecular weight excluding hydrogens is 323 g/mol. The van der Waals surface area contributed by atoms with Gasteiger partial charge in [0.05, 0.1) is 23.5 Å². The van der Waals surface area contributed by atoms with Gasteiger partial charge in [0.2, 0.25) is 5.91 Å². The molecule has 0 radical (unpaired) electrons. The summed E-state index contributed by atoms with van der Waals surface area (Å²) in [4.78, 5) is 12.3. The summed E-state index contributed by atoms with van der Waals surface area (Å²) in [5.41, 5.74) is 1.22. The van der Waals surface area contributed by atoms with Crippen LogP contribution in [-0.2, 0) is 4.79 Å². The van der Waals surface area contributed by atoms with E-state index in [2.05, 4.69) is 10.6 Å². The fourth-order valence-corrected chi connectivity index (χ4v) is 2.23. The monoisotopic (exact) mass is 338 g/mol. The predicted molar refractivity (Wildman–Crippen MR) is 91.2 cm³/mol. The lowest BCUT2D eigenvalue weighted by atomic mass is 10.2. The Kier molecular flexibility index (Phi) is 5.52. The molecule has 0 unspecified atom stereocenters. The van der Waals surface area contributed by atoms with Crippen molar-refractivity contribution in [3.8, 4) is 5.75 Å². The summed E-state index contributed by atoms with van der Waals surface area (Å²) in [6.07, 6.45) is 0. The van der Waals surface area contributed by atoms with E-state index in [4.69, 9.17) is 27.9 Å². The quantitative estimate of drug-likeness (QED) is 0.847. The summed E-state index contributed by atoms with van der Waals surface area (Å²) in [5, 5.41) is 6.79. The van der Waals surface area contributed by atoms with Crippen molar-refractivity contribution in [2.75, 3.05) is 17.7 Å². The van der Waals surface area contributed by atoms with E-state index in [-0.39, 0.29) is 5.91 Å². The molecule has 2 rings (SSSR count). The van der Waals surface area contributed by atoms with Crippen molar-refractivity contribution in [3.05, 3.63) is 52.5 Å². The number of rotatable bonds is 5. The van der Waals surface area contributed by atoms with Gasteiger partial charge in [0.25, 0.3) is 0 Å². The van der Waals surface area contributed by atoms with E-state index in [1.165, 1.54) is 0 Å². The van der Waals surface area contributed by atoms with Crippen molar-refractivity contribution < 1.29 is 9.53 Å². The van der Waals surface area contributed by atoms with Crippen LogP contribution in [0.5, 0.6) is 5.75 Å². The van der Waals surface area contributed by atoms with Gasteiger partial charge in [-0.1, -0.05) is 35.3 Å². The summed E-state index contributed by atoms with van der Waals surface area (Å²) < 4.78 is 5.25. The van der Waals surface area contributed by atoms with Gasteiger partial charge in [-0.15, -0.1) is 0 Å². The Bertz CT molecular complexity index is 677. The Labute approximate surface area is 139 Å². The van der Waals surface area contributed by atoms with Gasteiger partial charge in [-0.2, -0.15) is 0 Å². The minimum absolute atomic E-state index is 0.227. The second kappa shape index (κ2) is 7.38. The molecule has 4 nitrogen and oxygen atoms in total. The van der Waals surface area contributed by atoms with E-state index in [1.54, 1.807) is 32.2 Å². The minimum atomic E-state index is -0.480. The topological polar surface area (TPSA) is 50.4 Å². The molecule has 2 N–H and O–H groups in total. The molecule has 0 saturated carbocycles. The third-order valence-corrected chi connectivity index (χ3v) is 3.62. The zero-order valence-electron chi connectivity index (χ0n) is 12.2. The van der Waals surface area contributed by atoms with Crippen LogP contribution >= 0.6 is 23.2 Å². The largest absolute Gasteiger partial charge is 0.495 e. The van der Waals surface area contributed by atoms with E-state index in [0.29, 0.717) is 21.5 Å². The van der Waals surface area contributed by atoms with Crippen molar-refractivity contribution in [1.29, 1.82) is 0 Å². The maximum Gasteiger partial charge on any atom is 0.246 e. The predicted octanol–water partition coefficient (Wildman–Crippen LogP) is 4.44. The molecule has 1 atom stereocenters. The number of benzene rings is 2. The first-order valence-corrected chi connectivity index (χ1v) is 7.42. The van der Waals surface area contributed by atoms with Crippen LogP contribution in [0.1, 0.15) is 6.92 Å². The number of hydrogen-bond acceptors (Lipinski definition) is 3. The number of ether oxygens (including phenoxy) is 1. The van der Waals surface area contributed by atoms with Crippen molar-refractivity contribution >= 4 is 40.5 Å². The van der Waals surface area contributed by atoms with Gasteiger partial charge in [-0.05, 0) is 37.3 Å². The summed E-state index contributed by atoms with van der Waals surface area (Å²) in [5.74, 6) is 0.443. The molecule has 0 saturated heterocycles. The van der Waals surface area contributed by atoms with Gasteiger partial charge in [0, 0.05) is 5.02 Å². The smallest absolute Gasteiger partial charge is 0.246 e. The second-order valence-electron chi connectivity index (χ2n) is 4.68. The molecule has 1 amide bonds. The van der Waals surface area contributed by atoms with Gasteiger partial charge in [0.15, 0.2) is 0 Å². The summed E-state index contributed by atoms with van der Waals surface area (Å²) >= 11 is 11.9. The van der Waals surface area contributed by atoms with Crippen LogP contribution in [0.15, 0.2) is 42.5 Å². The Hall–Kier alpha value is -1.91. The van der Waals surface area contributed by atoms with Gasteiger partial charge in [-0.3, -0.25) is 4.79 Å². The molecule has 2 aromatic rings. The van der Waals surface area contributed by atoms with Gasteiger partial charge in [0.1, 0.15) is 11.8 Å². The number of nitrogens with one attached hydrogen (secondary N) is 2. The molecule has 0 heterocycles. The lowest BCUT2D eigenvalue weighted by Gasteiger charge is -2.17. The second-order valence-corrected chi connectivity index (χ2v) is 5.52. The Morgan fingerprint density at radius 3 is 2.59 bits per heavy atom. The normalized spacial score (nSPS) is 11.6. The van der Waals surface area contributed by atoms with E-state index >= 15 is 0 Å². The van der Waals surface area contributed by atoms with E-state index in [9.17, 15) is 4.79 Å². The van der Waals surface area contributed by atoms with Crippen LogP contribution in [0.3, 0.4) is 0 Å². The van der Waals surface area contributed by atoms with E-state index in [1.807, 2.05) is 24.3 Å². The zero-order chi connectivity index (χ0) is 16.1. The van der Waals surface area contributed by atoms with E-state index < -0.39 is 6.04 Å². The zero-order valence-corrected chi connectivity index (χ0v) is 13.7. The first-order chi connectivity index (χ1) is 10.5. The summed E-state index contributed by atoms with van der Waals surface area (Å²) in [7, 11) is 1.58. The van der Waals surface area contributed by atoms with Crippen LogP contribution < -0.4 is 15.4 Å². The molecule has 0 aliphatic heterocycles. The van der Waals surface area contributed by atoms with E-state index in [0.717, 1.165) is 5.69 Å². The lowest BCUT2D eigenvalue weighted by Crippen LogP contribution is -2.32. The Balaban J connectivity index is 2.07. The highest BCUT2D eigenvalue weighted by molar-refractivity contribution is 6.35. The molecule has 22 heavy (non-hydrogen) atoms. The number of carbonyl (C=O) groups is 1. The molecule has 0 fully saturated rings. The minimum Gasteiger partial charge on any atom is -0.495 e. The molecule has 6 heteroatoms. The summed E-state index contributed by atoms with van der Waals surface area (Å²) in [6, 6.07) is 11.8. The average molecular weight is 339 g/mol. The Morgan fingerprint density at radius 1 is 1.14 bits per heavy atom. The first-order valence-electron chi connectivity index (χ1n) is 6.66. The maximum absolute atomic E-state index is 12.3. The highest BCUT2D eigenvalue weighted by atomic mass is 35.5. The van der Waals surface area contributed by atoms with Crippen LogP contribution in [0, 0.1) is 0 Å². The number of amides is 1. The third-order valence-electron chi connectivity index (χ3n) is 3.06. The fraction of sp³-hybridized carbons (Fsp3) is 0.188. The van der Waals surface area contributed by atoms with Crippen LogP contribution in [-0.4, -0.2) is 19.1 Å². The molecule has 0 aliphatic carbocycles. The number of halogens is 2. The molecule has 0 bridgehead atoms. The van der Waals surface area contributed by atoms with Crippen molar-refractivity contribution in [3.63, 3.8) is 0 Å². The highest BCUT2D eigenvalue weighted by Gasteiger charge is 2.16. The van der Waals surface area contributed by atoms with Crippen LogP contribution in [0.2, 0.25) is 10.0 Å². The molecule has 0 spiro atoms. The highest BCUT2D eigenvalue weighted by Crippen LogP contribution is 2.26. The molecule has 2 aromatic carbocycles. The van der Waals surface area contributed by atoms with Crippen LogP contribution in [0.4, 0.5) is 11.4 Å². The van der Waals surface area contributed by atoms with Crippen molar-refractivity contribution in [2.24, 2.45) is 0 Å². The van der Waals surface area contributed by atoms with Gasteiger partial charge in [-0.25, -0.2) is 0 Å². The Morgan fingerprint density at radius 2 is 1.86 bits per heavy atom. The fourth-order valence-electron chi connectivity index (χ4n) is 1.90. The number of methoxy groups -OCH3 is 1. The molecule has 0 aromatic heterocycles. The average Bonchev–Trinajstić information content (AvgIpc) is 2.51. The number of carbonyl (C=O) groups excluding carboxylic acids is 1. The summed E-state index contributed by atoms with van der Waals surface area (Å²) in [6.45, 7) is 1.75. The molecule has 116 valence electrons. The number of hydrogen-bond donors (Lipinski definition) is 2. The van der Waals surface area contributed by atoms with Gasteiger partial charge >= 0.3 is 0 Å². The number of para-hydroxylation sites is 2. The van der Waals surface area contributed by atoms with Crippen molar-refractivity contribution in [1.82, 2.24) is 0 Å². The standard InChI is InChI=1S/C16H16Cl2N2O2/c1-10(19-13-5-3-4-6-15(13)22-2)16(21)20-14-9-11(17)7-8-12(14)18/h3-10,19H,1-2H3,(H,20,21)/t10-/m1/s1.